The summed E-state index contributed by atoms with van der Waals surface area (Å²) in [5.74, 6) is -0.931. The lowest BCUT2D eigenvalue weighted by atomic mass is 9.83. The largest absolute Gasteiger partial charge is 0.480 e. The van der Waals surface area contributed by atoms with Crippen LogP contribution in [-0.4, -0.2) is 23.0 Å². The zero-order valence-electron chi connectivity index (χ0n) is 25.1. The van der Waals surface area contributed by atoms with Crippen LogP contribution in [0.2, 0.25) is 5.02 Å². The molecule has 1 fully saturated rings. The van der Waals surface area contributed by atoms with Crippen molar-refractivity contribution in [1.29, 1.82) is 0 Å². The minimum absolute atomic E-state index is 0.154. The Morgan fingerprint density at radius 1 is 0.800 bits per heavy atom. The third-order valence-electron chi connectivity index (χ3n) is 8.89. The summed E-state index contributed by atoms with van der Waals surface area (Å²) in [5, 5.41) is 18.8. The van der Waals surface area contributed by atoms with E-state index in [9.17, 15) is 14.7 Å². The highest BCUT2D eigenvalue weighted by molar-refractivity contribution is 6.31. The number of anilines is 1. The van der Waals surface area contributed by atoms with E-state index in [1.165, 1.54) is 37.7 Å². The quantitative estimate of drug-likeness (QED) is 0.146. The van der Waals surface area contributed by atoms with Gasteiger partial charge in [0.15, 0.2) is 0 Å². The highest BCUT2D eigenvalue weighted by Gasteiger charge is 2.23. The number of amides is 1. The number of carboxylic acid groups (broad SMARTS) is 1. The Balaban J connectivity index is 1.12. The Morgan fingerprint density at radius 3 is 2.22 bits per heavy atom. The number of carbonyl (C=O) groups is 2. The van der Waals surface area contributed by atoms with Crippen LogP contribution in [0.3, 0.4) is 0 Å². The SMILES string of the molecule is O=C(NC(Cc1ccc(-c2ccc(C3CCCCC3)cc2)cc1)C(=O)O)c1cc(Cl)ccc1NCc1cccc2ccccc12. The van der Waals surface area contributed by atoms with E-state index in [0.717, 1.165) is 33.0 Å². The van der Waals surface area contributed by atoms with Crippen molar-refractivity contribution >= 4 is 39.9 Å². The topological polar surface area (TPSA) is 78.4 Å². The van der Waals surface area contributed by atoms with Gasteiger partial charge in [-0.25, -0.2) is 4.79 Å². The molecule has 1 unspecified atom stereocenters. The van der Waals surface area contributed by atoms with E-state index in [0.29, 0.717) is 28.7 Å². The van der Waals surface area contributed by atoms with Gasteiger partial charge in [-0.2, -0.15) is 0 Å². The maximum absolute atomic E-state index is 13.5. The molecule has 1 atom stereocenters. The smallest absolute Gasteiger partial charge is 0.326 e. The summed E-state index contributed by atoms with van der Waals surface area (Å²) in [7, 11) is 0. The van der Waals surface area contributed by atoms with Gasteiger partial charge < -0.3 is 15.7 Å². The molecular weight excluding hydrogens is 580 g/mol. The average molecular weight is 617 g/mol. The third-order valence-corrected chi connectivity index (χ3v) is 9.13. The van der Waals surface area contributed by atoms with Gasteiger partial charge in [-0.15, -0.1) is 0 Å². The molecule has 0 radical (unpaired) electrons. The molecule has 5 aromatic carbocycles. The fourth-order valence-corrected chi connectivity index (χ4v) is 6.56. The molecule has 1 aliphatic rings. The lowest BCUT2D eigenvalue weighted by Gasteiger charge is -2.22. The van der Waals surface area contributed by atoms with Gasteiger partial charge in [0, 0.05) is 23.7 Å². The standard InChI is InChI=1S/C39H37ClN2O3/c40-33-21-22-36(41-25-32-11-6-10-31-9-4-5-12-34(31)32)35(24-33)38(43)42-37(39(44)45)23-26-13-15-28(16-14-26)30-19-17-29(18-20-30)27-7-2-1-3-8-27/h4-6,9-22,24,27,37,41H,1-3,7-8,23,25H2,(H,42,43)(H,44,45). The Hall–Kier alpha value is -4.61. The molecule has 0 heterocycles. The fraction of sp³-hybridized carbons (Fsp3) is 0.231. The molecule has 228 valence electrons. The second-order valence-corrected chi connectivity index (χ2v) is 12.3. The lowest BCUT2D eigenvalue weighted by molar-refractivity contribution is -0.139. The number of hydrogen-bond donors (Lipinski definition) is 3. The van der Waals surface area contributed by atoms with Crippen LogP contribution in [0.4, 0.5) is 5.69 Å². The third kappa shape index (κ3) is 7.38. The van der Waals surface area contributed by atoms with Crippen molar-refractivity contribution in [1.82, 2.24) is 5.32 Å². The Labute approximate surface area is 269 Å². The van der Waals surface area contributed by atoms with Gasteiger partial charge in [0.05, 0.1) is 5.56 Å². The summed E-state index contributed by atoms with van der Waals surface area (Å²) >= 11 is 6.27. The molecule has 5 nitrogen and oxygen atoms in total. The van der Waals surface area contributed by atoms with Crippen LogP contribution in [0.15, 0.2) is 109 Å². The number of fused-ring (bicyclic) bond motifs is 1. The van der Waals surface area contributed by atoms with E-state index in [2.05, 4.69) is 53.1 Å². The molecule has 45 heavy (non-hydrogen) atoms. The van der Waals surface area contributed by atoms with Crippen molar-refractivity contribution in [3.05, 3.63) is 136 Å². The Bertz CT molecular complexity index is 1790. The maximum Gasteiger partial charge on any atom is 0.326 e. The number of aliphatic carboxylic acids is 1. The normalized spacial score (nSPS) is 14.2. The van der Waals surface area contributed by atoms with Crippen LogP contribution in [0, 0.1) is 0 Å². The average Bonchev–Trinajstić information content (AvgIpc) is 3.08. The first kappa shape index (κ1) is 30.4. The highest BCUT2D eigenvalue weighted by atomic mass is 35.5. The van der Waals surface area contributed by atoms with Crippen molar-refractivity contribution < 1.29 is 14.7 Å². The second kappa shape index (κ2) is 14.0. The van der Waals surface area contributed by atoms with Gasteiger partial charge in [-0.1, -0.05) is 122 Å². The van der Waals surface area contributed by atoms with Crippen LogP contribution in [-0.2, 0) is 17.8 Å². The molecule has 1 aliphatic carbocycles. The summed E-state index contributed by atoms with van der Waals surface area (Å²) in [4.78, 5) is 25.7. The Kier molecular flexibility index (Phi) is 9.46. The number of carbonyl (C=O) groups excluding carboxylic acids is 1. The number of benzene rings is 5. The van der Waals surface area contributed by atoms with Gasteiger partial charge in [-0.3, -0.25) is 4.79 Å². The number of nitrogens with one attached hydrogen (secondary N) is 2. The van der Waals surface area contributed by atoms with Gasteiger partial charge >= 0.3 is 5.97 Å². The number of hydrogen-bond acceptors (Lipinski definition) is 3. The van der Waals surface area contributed by atoms with Gasteiger partial charge in [0.25, 0.3) is 5.91 Å². The molecule has 0 spiro atoms. The van der Waals surface area contributed by atoms with Gasteiger partial charge in [0.1, 0.15) is 6.04 Å². The molecule has 1 amide bonds. The second-order valence-electron chi connectivity index (χ2n) is 11.9. The first-order chi connectivity index (χ1) is 21.9. The molecule has 0 aromatic heterocycles. The fourth-order valence-electron chi connectivity index (χ4n) is 6.38. The minimum atomic E-state index is -1.11. The minimum Gasteiger partial charge on any atom is -0.480 e. The molecule has 0 aliphatic heterocycles. The zero-order valence-corrected chi connectivity index (χ0v) is 25.9. The number of rotatable bonds is 10. The van der Waals surface area contributed by atoms with Crippen molar-refractivity contribution in [3.8, 4) is 11.1 Å². The summed E-state index contributed by atoms with van der Waals surface area (Å²) in [6.45, 7) is 0.487. The highest BCUT2D eigenvalue weighted by Crippen LogP contribution is 2.33. The molecule has 1 saturated carbocycles. The maximum atomic E-state index is 13.5. The van der Waals surface area contributed by atoms with E-state index in [1.54, 1.807) is 18.2 Å². The first-order valence-corrected chi connectivity index (χ1v) is 16.1. The molecule has 0 saturated heterocycles. The molecule has 0 bridgehead atoms. The summed E-state index contributed by atoms with van der Waals surface area (Å²) in [6, 6.07) is 34.9. The van der Waals surface area contributed by atoms with Crippen molar-refractivity contribution in [2.75, 3.05) is 5.32 Å². The van der Waals surface area contributed by atoms with Crippen molar-refractivity contribution in [3.63, 3.8) is 0 Å². The number of halogens is 1. The molecular formula is C39H37ClN2O3. The van der Waals surface area contributed by atoms with E-state index in [4.69, 9.17) is 11.6 Å². The van der Waals surface area contributed by atoms with E-state index in [-0.39, 0.29) is 6.42 Å². The summed E-state index contributed by atoms with van der Waals surface area (Å²) in [5.41, 5.74) is 6.40. The number of carboxylic acids is 1. The molecule has 6 heteroatoms. The van der Waals surface area contributed by atoms with Gasteiger partial charge in [-0.05, 0) is 75.5 Å². The summed E-state index contributed by atoms with van der Waals surface area (Å²) < 4.78 is 0. The van der Waals surface area contributed by atoms with Crippen molar-refractivity contribution in [2.24, 2.45) is 0 Å². The van der Waals surface area contributed by atoms with Crippen molar-refractivity contribution in [2.45, 2.75) is 57.0 Å². The summed E-state index contributed by atoms with van der Waals surface area (Å²) in [6.07, 6.45) is 6.68. The molecule has 6 rings (SSSR count). The molecule has 5 aromatic rings. The van der Waals surface area contributed by atoms with Crippen LogP contribution in [0.5, 0.6) is 0 Å². The monoisotopic (exact) mass is 616 g/mol. The van der Waals surface area contributed by atoms with E-state index >= 15 is 0 Å². The van der Waals surface area contributed by atoms with Crippen LogP contribution in [0.1, 0.15) is 65.1 Å². The molecule has 3 N–H and O–H groups in total. The van der Waals surface area contributed by atoms with Crippen LogP contribution in [0.25, 0.3) is 21.9 Å². The van der Waals surface area contributed by atoms with E-state index < -0.39 is 17.9 Å². The van der Waals surface area contributed by atoms with Crippen LogP contribution >= 0.6 is 11.6 Å². The predicted molar refractivity (Wildman–Crippen MR) is 183 cm³/mol. The predicted octanol–water partition coefficient (Wildman–Crippen LogP) is 9.25. The van der Waals surface area contributed by atoms with E-state index in [1.807, 2.05) is 48.5 Å². The van der Waals surface area contributed by atoms with Crippen LogP contribution < -0.4 is 10.6 Å². The Morgan fingerprint density at radius 2 is 1.49 bits per heavy atom. The van der Waals surface area contributed by atoms with Gasteiger partial charge in [0.2, 0.25) is 0 Å². The lowest BCUT2D eigenvalue weighted by Crippen LogP contribution is -2.42. The zero-order chi connectivity index (χ0) is 31.2. The first-order valence-electron chi connectivity index (χ1n) is 15.7.